The number of halogens is 3. The van der Waals surface area contributed by atoms with Crippen LogP contribution in [-0.4, -0.2) is 49.3 Å². The molecule has 4 rings (SSSR count). The number of nitrogens with zero attached hydrogens (tertiary/aromatic N) is 3. The number of rotatable bonds is 6. The van der Waals surface area contributed by atoms with E-state index in [0.29, 0.717) is 30.9 Å². The van der Waals surface area contributed by atoms with E-state index >= 15 is 0 Å². The first-order chi connectivity index (χ1) is 14.0. The fourth-order valence-electron chi connectivity index (χ4n) is 3.86. The van der Waals surface area contributed by atoms with Crippen molar-refractivity contribution in [1.29, 1.82) is 0 Å². The predicted octanol–water partition coefficient (Wildman–Crippen LogP) is 4.25. The zero-order valence-electron chi connectivity index (χ0n) is 17.0. The lowest BCUT2D eigenvalue weighted by Gasteiger charge is -2.38. The lowest BCUT2D eigenvalue weighted by molar-refractivity contribution is -0.126. The van der Waals surface area contributed by atoms with Crippen molar-refractivity contribution in [1.82, 2.24) is 20.1 Å². The van der Waals surface area contributed by atoms with Crippen molar-refractivity contribution >= 4 is 53.6 Å². The number of hydrogen-bond acceptors (Lipinski definition) is 6. The van der Waals surface area contributed by atoms with E-state index in [4.69, 9.17) is 0 Å². The summed E-state index contributed by atoms with van der Waals surface area (Å²) >= 11 is 1.29. The topological polar surface area (TPSA) is 79.0 Å². The van der Waals surface area contributed by atoms with Crippen LogP contribution in [0.3, 0.4) is 0 Å². The molecule has 10 heteroatoms. The van der Waals surface area contributed by atoms with Crippen molar-refractivity contribution in [2.24, 2.45) is 5.92 Å². The van der Waals surface area contributed by atoms with Gasteiger partial charge in [0.1, 0.15) is 18.0 Å². The molecule has 1 saturated carbocycles. The van der Waals surface area contributed by atoms with Crippen LogP contribution in [0.4, 0.5) is 4.39 Å². The molecule has 31 heavy (non-hydrogen) atoms. The molecule has 2 atom stereocenters. The first-order valence-corrected chi connectivity index (χ1v) is 10.7. The van der Waals surface area contributed by atoms with Gasteiger partial charge in [0.25, 0.3) is 0 Å². The third-order valence-corrected chi connectivity index (χ3v) is 6.51. The van der Waals surface area contributed by atoms with Crippen molar-refractivity contribution in [2.75, 3.05) is 13.1 Å². The molecule has 6 nitrogen and oxygen atoms in total. The van der Waals surface area contributed by atoms with Crippen LogP contribution in [0.25, 0.3) is 6.08 Å². The second-order valence-corrected chi connectivity index (χ2v) is 8.93. The fraction of sp³-hybridized carbons (Fsp3) is 0.429. The van der Waals surface area contributed by atoms with Gasteiger partial charge in [-0.1, -0.05) is 30.0 Å². The van der Waals surface area contributed by atoms with Gasteiger partial charge in [0.05, 0.1) is 6.04 Å². The maximum Gasteiger partial charge on any atom is 0.186 e. The number of thioether (sulfide) groups is 1. The highest BCUT2D eigenvalue weighted by molar-refractivity contribution is 8.14. The van der Waals surface area contributed by atoms with Gasteiger partial charge in [0.2, 0.25) is 0 Å². The quantitative estimate of drug-likeness (QED) is 0.657. The summed E-state index contributed by atoms with van der Waals surface area (Å²) in [6.07, 6.45) is 5.77. The molecule has 1 aromatic carbocycles. The van der Waals surface area contributed by atoms with Gasteiger partial charge in [0.15, 0.2) is 10.9 Å². The highest BCUT2D eigenvalue weighted by Crippen LogP contribution is 2.40. The van der Waals surface area contributed by atoms with Crippen LogP contribution < -0.4 is 0 Å². The lowest BCUT2D eigenvalue weighted by atomic mass is 9.93. The van der Waals surface area contributed by atoms with Crippen LogP contribution in [0.15, 0.2) is 36.2 Å². The number of aromatic nitrogens is 3. The molecular formula is C21H25Cl2FN4O2S. The minimum Gasteiger partial charge on any atom is -0.297 e. The van der Waals surface area contributed by atoms with Crippen LogP contribution in [0.5, 0.6) is 0 Å². The molecule has 2 heterocycles. The number of aromatic amines is 1. The van der Waals surface area contributed by atoms with Crippen LogP contribution in [0.1, 0.15) is 43.6 Å². The van der Waals surface area contributed by atoms with E-state index in [9.17, 15) is 14.0 Å². The van der Waals surface area contributed by atoms with Crippen molar-refractivity contribution in [3.05, 3.63) is 53.4 Å². The molecule has 0 radical (unpaired) electrons. The summed E-state index contributed by atoms with van der Waals surface area (Å²) in [6.45, 7) is 2.65. The van der Waals surface area contributed by atoms with Crippen LogP contribution >= 0.6 is 36.6 Å². The number of benzene rings is 1. The molecule has 0 bridgehead atoms. The first-order valence-electron chi connectivity index (χ1n) is 9.78. The average Bonchev–Trinajstić information content (AvgIpc) is 3.42. The van der Waals surface area contributed by atoms with E-state index in [1.54, 1.807) is 25.1 Å². The standard InChI is InChI=1S/C21H23FN4O2S.2ClH/c1-13(27)29-18-8-9-26(11-15(18)10-19-23-12-24-25-19)20(21(28)14-6-7-14)16-4-2-3-5-17(16)22;;/h2-5,10,12,14,18,20H,6-9,11H2,1H3,(H,23,24,25);2*1H/b15-10+;;. The average molecular weight is 487 g/mol. The van der Waals surface area contributed by atoms with Crippen molar-refractivity contribution in [3.8, 4) is 0 Å². The second-order valence-electron chi connectivity index (χ2n) is 7.55. The third-order valence-electron chi connectivity index (χ3n) is 5.36. The molecule has 2 fully saturated rings. The molecule has 2 aromatic rings. The molecular weight excluding hydrogens is 462 g/mol. The number of H-pyrrole nitrogens is 1. The number of Topliss-reactive ketones (excluding diaryl/α,β-unsaturated/α-hetero) is 1. The zero-order valence-corrected chi connectivity index (χ0v) is 19.4. The molecule has 2 aliphatic rings. The summed E-state index contributed by atoms with van der Waals surface area (Å²) in [7, 11) is 0. The van der Waals surface area contributed by atoms with E-state index in [0.717, 1.165) is 18.4 Å². The van der Waals surface area contributed by atoms with Gasteiger partial charge >= 0.3 is 0 Å². The van der Waals surface area contributed by atoms with Gasteiger partial charge in [-0.3, -0.25) is 19.6 Å². The molecule has 168 valence electrons. The van der Waals surface area contributed by atoms with E-state index < -0.39 is 6.04 Å². The normalized spacial score (nSPS) is 21.1. The number of carbonyl (C=O) groups is 2. The van der Waals surface area contributed by atoms with Crippen LogP contribution in [0, 0.1) is 11.7 Å². The van der Waals surface area contributed by atoms with Gasteiger partial charge in [0, 0.05) is 36.7 Å². The second kappa shape index (κ2) is 11.2. The minimum atomic E-state index is -0.606. The molecule has 0 spiro atoms. The molecule has 1 aliphatic carbocycles. The number of ketones is 1. The Morgan fingerprint density at radius 2 is 2.00 bits per heavy atom. The Kier molecular flexibility index (Phi) is 9.24. The third kappa shape index (κ3) is 6.16. The van der Waals surface area contributed by atoms with Crippen molar-refractivity contribution in [2.45, 2.75) is 37.5 Å². The van der Waals surface area contributed by atoms with E-state index in [-0.39, 0.29) is 52.7 Å². The van der Waals surface area contributed by atoms with Crippen LogP contribution in [-0.2, 0) is 9.59 Å². The lowest BCUT2D eigenvalue weighted by Crippen LogP contribution is -2.43. The van der Waals surface area contributed by atoms with Gasteiger partial charge in [-0.25, -0.2) is 9.37 Å². The first kappa shape index (κ1) is 25.5. The van der Waals surface area contributed by atoms with Gasteiger partial charge in [-0.2, -0.15) is 5.10 Å². The fourth-order valence-corrected chi connectivity index (χ4v) is 4.77. The Morgan fingerprint density at radius 1 is 1.26 bits per heavy atom. The molecule has 2 unspecified atom stereocenters. The monoisotopic (exact) mass is 486 g/mol. The van der Waals surface area contributed by atoms with E-state index in [1.165, 1.54) is 24.2 Å². The number of likely N-dealkylation sites (tertiary alicyclic amines) is 1. The van der Waals surface area contributed by atoms with Gasteiger partial charge < -0.3 is 0 Å². The summed E-state index contributed by atoms with van der Waals surface area (Å²) < 4.78 is 14.6. The van der Waals surface area contributed by atoms with Crippen LogP contribution in [0.2, 0.25) is 0 Å². The minimum absolute atomic E-state index is 0. The number of nitrogens with one attached hydrogen (secondary N) is 1. The molecule has 1 aliphatic heterocycles. The Morgan fingerprint density at radius 3 is 2.61 bits per heavy atom. The predicted molar refractivity (Wildman–Crippen MR) is 124 cm³/mol. The smallest absolute Gasteiger partial charge is 0.186 e. The van der Waals surface area contributed by atoms with Crippen molar-refractivity contribution < 1.29 is 14.0 Å². The van der Waals surface area contributed by atoms with Crippen molar-refractivity contribution in [3.63, 3.8) is 0 Å². The Balaban J connectivity index is 0.00000171. The molecule has 1 N–H and O–H groups in total. The summed E-state index contributed by atoms with van der Waals surface area (Å²) in [5.74, 6) is 0.358. The largest absolute Gasteiger partial charge is 0.297 e. The number of hydrogen-bond donors (Lipinski definition) is 1. The summed E-state index contributed by atoms with van der Waals surface area (Å²) in [5, 5.41) is 6.75. The Labute approximate surface area is 197 Å². The summed E-state index contributed by atoms with van der Waals surface area (Å²) in [4.78, 5) is 31.1. The maximum absolute atomic E-state index is 14.6. The molecule has 0 amide bonds. The number of carbonyl (C=O) groups excluding carboxylic acids is 2. The van der Waals surface area contributed by atoms with E-state index in [2.05, 4.69) is 15.2 Å². The number of piperidine rings is 1. The molecule has 1 aromatic heterocycles. The zero-order chi connectivity index (χ0) is 20.4. The van der Waals surface area contributed by atoms with Gasteiger partial charge in [-0.05, 0) is 37.0 Å². The van der Waals surface area contributed by atoms with Gasteiger partial charge in [-0.15, -0.1) is 24.8 Å². The Bertz CT molecular complexity index is 937. The Hall–Kier alpha value is -1.74. The van der Waals surface area contributed by atoms with E-state index in [1.807, 2.05) is 11.0 Å². The SMILES string of the molecule is CC(=O)SC1CCN(C(C(=O)C2CC2)c2ccccc2F)C/C1=C\c1ncn[nH]1.Cl.Cl. The molecule has 1 saturated heterocycles. The summed E-state index contributed by atoms with van der Waals surface area (Å²) in [5.41, 5.74) is 1.42. The highest BCUT2D eigenvalue weighted by atomic mass is 35.5. The highest BCUT2D eigenvalue weighted by Gasteiger charge is 2.41. The summed E-state index contributed by atoms with van der Waals surface area (Å²) in [6, 6.07) is 5.92. The maximum atomic E-state index is 14.6.